The maximum Gasteiger partial charge on any atom is 0.207 e. The fourth-order valence-corrected chi connectivity index (χ4v) is 3.47. The van der Waals surface area contributed by atoms with Crippen molar-refractivity contribution in [2.75, 3.05) is 18.0 Å². The summed E-state index contributed by atoms with van der Waals surface area (Å²) in [5.41, 5.74) is 2.32. The molecule has 1 aliphatic heterocycles. The zero-order valence-electron chi connectivity index (χ0n) is 13.5. The molecular weight excluding hydrogens is 334 g/mol. The number of rotatable bonds is 3. The Labute approximate surface area is 151 Å². The Hall–Kier alpha value is -2.84. The Balaban J connectivity index is 1.63. The quantitative estimate of drug-likeness (QED) is 0.722. The van der Waals surface area contributed by atoms with Crippen LogP contribution in [0.4, 0.5) is 5.82 Å². The lowest BCUT2D eigenvalue weighted by Crippen LogP contribution is -2.20. The first-order valence-corrected chi connectivity index (χ1v) is 8.56. The van der Waals surface area contributed by atoms with Crippen molar-refractivity contribution in [1.82, 2.24) is 15.0 Å². The van der Waals surface area contributed by atoms with Gasteiger partial charge in [0.2, 0.25) is 5.69 Å². The summed E-state index contributed by atoms with van der Waals surface area (Å²) < 4.78 is 0. The van der Waals surface area contributed by atoms with Gasteiger partial charge in [-0.15, -0.1) is 15.0 Å². The minimum Gasteiger partial charge on any atom is -0.352 e. The first-order valence-electron chi connectivity index (χ1n) is 8.18. The number of halogens is 1. The molecule has 2 heterocycles. The van der Waals surface area contributed by atoms with E-state index in [1.54, 1.807) is 6.07 Å². The summed E-state index contributed by atoms with van der Waals surface area (Å²) in [7, 11) is 0. The third-order valence-electron chi connectivity index (χ3n) is 4.53. The number of nitrogens with zero attached hydrogens (tertiary/aromatic N) is 5. The number of hydrogen-bond acceptors (Lipinski definition) is 4. The van der Waals surface area contributed by atoms with Crippen LogP contribution in [0.1, 0.15) is 23.6 Å². The van der Waals surface area contributed by atoms with Gasteiger partial charge in [0.1, 0.15) is 11.8 Å². The van der Waals surface area contributed by atoms with Crippen molar-refractivity contribution in [2.24, 2.45) is 0 Å². The van der Waals surface area contributed by atoms with Crippen LogP contribution in [0.15, 0.2) is 54.6 Å². The molecule has 1 saturated heterocycles. The van der Waals surface area contributed by atoms with E-state index in [0.29, 0.717) is 28.1 Å². The Morgan fingerprint density at radius 2 is 1.80 bits per heavy atom. The third kappa shape index (κ3) is 2.97. The minimum absolute atomic E-state index is 0.327. The molecule has 0 aliphatic carbocycles. The van der Waals surface area contributed by atoms with Crippen LogP contribution >= 0.6 is 11.6 Å². The molecule has 2 aromatic carbocycles. The molecule has 1 fully saturated rings. The van der Waals surface area contributed by atoms with Crippen molar-refractivity contribution in [3.8, 4) is 11.8 Å². The number of anilines is 1. The van der Waals surface area contributed by atoms with E-state index < -0.39 is 0 Å². The molecular formula is C19H16ClN5. The smallest absolute Gasteiger partial charge is 0.207 e. The van der Waals surface area contributed by atoms with Crippen molar-refractivity contribution in [3.63, 3.8) is 0 Å². The average Bonchev–Trinajstić information content (AvgIpc) is 3.29. The Kier molecular flexibility index (Phi) is 4.12. The highest BCUT2D eigenvalue weighted by Crippen LogP contribution is 2.31. The molecule has 1 atom stereocenters. The van der Waals surface area contributed by atoms with Crippen molar-refractivity contribution in [3.05, 3.63) is 70.9 Å². The van der Waals surface area contributed by atoms with Crippen LogP contribution in [-0.4, -0.2) is 28.1 Å². The second-order valence-electron chi connectivity index (χ2n) is 6.07. The molecule has 0 amide bonds. The van der Waals surface area contributed by atoms with Gasteiger partial charge in [-0.05, 0) is 24.1 Å². The summed E-state index contributed by atoms with van der Waals surface area (Å²) in [6.07, 6.45) is 1.04. The van der Waals surface area contributed by atoms with Crippen molar-refractivity contribution >= 4 is 17.4 Å². The Bertz CT molecular complexity index is 928. The molecule has 124 valence electrons. The van der Waals surface area contributed by atoms with Gasteiger partial charge in [0.05, 0.1) is 5.02 Å². The van der Waals surface area contributed by atoms with E-state index in [9.17, 15) is 5.26 Å². The van der Waals surface area contributed by atoms with Crippen LogP contribution in [0, 0.1) is 11.3 Å². The minimum atomic E-state index is 0.327. The normalized spacial score (nSPS) is 16.8. The SMILES string of the molecule is N#Cc1nn(-c2ccccc2Cl)nc1N1CCC(c2ccccc2)C1. The van der Waals surface area contributed by atoms with Gasteiger partial charge < -0.3 is 4.90 Å². The number of benzene rings is 2. The van der Waals surface area contributed by atoms with Crippen molar-refractivity contribution < 1.29 is 0 Å². The summed E-state index contributed by atoms with van der Waals surface area (Å²) in [6, 6.07) is 20.0. The predicted molar refractivity (Wildman–Crippen MR) is 97.1 cm³/mol. The van der Waals surface area contributed by atoms with Gasteiger partial charge in [0, 0.05) is 19.0 Å². The zero-order valence-corrected chi connectivity index (χ0v) is 14.3. The monoisotopic (exact) mass is 349 g/mol. The lowest BCUT2D eigenvalue weighted by Gasteiger charge is -2.15. The van der Waals surface area contributed by atoms with Gasteiger partial charge in [-0.25, -0.2) is 0 Å². The largest absolute Gasteiger partial charge is 0.352 e. The van der Waals surface area contributed by atoms with Crippen LogP contribution in [0.2, 0.25) is 5.02 Å². The molecule has 25 heavy (non-hydrogen) atoms. The van der Waals surface area contributed by atoms with Gasteiger partial charge in [-0.2, -0.15) is 5.26 Å². The van der Waals surface area contributed by atoms with Gasteiger partial charge in [-0.1, -0.05) is 54.1 Å². The van der Waals surface area contributed by atoms with Crippen LogP contribution in [0.3, 0.4) is 0 Å². The van der Waals surface area contributed by atoms with Crippen LogP contribution in [-0.2, 0) is 0 Å². The van der Waals surface area contributed by atoms with Crippen molar-refractivity contribution in [2.45, 2.75) is 12.3 Å². The molecule has 0 radical (unpaired) electrons. The fraction of sp³-hybridized carbons (Fsp3) is 0.211. The second kappa shape index (κ2) is 6.58. The number of hydrogen-bond donors (Lipinski definition) is 0. The molecule has 0 spiro atoms. The number of nitriles is 1. The van der Waals surface area contributed by atoms with Crippen molar-refractivity contribution in [1.29, 1.82) is 5.26 Å². The summed E-state index contributed by atoms with van der Waals surface area (Å²) in [5, 5.41) is 18.9. The lowest BCUT2D eigenvalue weighted by atomic mass is 9.99. The van der Waals surface area contributed by atoms with E-state index in [4.69, 9.17) is 11.6 Å². The Morgan fingerprint density at radius 3 is 2.56 bits per heavy atom. The van der Waals surface area contributed by atoms with E-state index in [2.05, 4.69) is 45.4 Å². The predicted octanol–water partition coefficient (Wildman–Crippen LogP) is 3.79. The Morgan fingerprint density at radius 1 is 1.04 bits per heavy atom. The van der Waals surface area contributed by atoms with E-state index in [-0.39, 0.29) is 0 Å². The van der Waals surface area contributed by atoms with Gasteiger partial charge in [0.15, 0.2) is 5.82 Å². The standard InChI is InChI=1S/C19H16ClN5/c20-16-8-4-5-9-18(16)25-22-17(12-21)19(23-25)24-11-10-15(13-24)14-6-2-1-3-7-14/h1-9,15H,10-11,13H2. The summed E-state index contributed by atoms with van der Waals surface area (Å²) in [4.78, 5) is 3.59. The maximum atomic E-state index is 9.47. The lowest BCUT2D eigenvalue weighted by molar-refractivity contribution is 0.741. The van der Waals surface area contributed by atoms with E-state index in [1.165, 1.54) is 10.4 Å². The summed E-state index contributed by atoms with van der Waals surface area (Å²) in [6.45, 7) is 1.69. The first kappa shape index (κ1) is 15.7. The molecule has 0 bridgehead atoms. The fourth-order valence-electron chi connectivity index (χ4n) is 3.26. The average molecular weight is 350 g/mol. The highest BCUT2D eigenvalue weighted by atomic mass is 35.5. The van der Waals surface area contributed by atoms with Crippen LogP contribution in [0.25, 0.3) is 5.69 Å². The van der Waals surface area contributed by atoms with Crippen LogP contribution in [0.5, 0.6) is 0 Å². The highest BCUT2D eigenvalue weighted by Gasteiger charge is 2.28. The molecule has 0 N–H and O–H groups in total. The van der Waals surface area contributed by atoms with E-state index in [0.717, 1.165) is 19.5 Å². The topological polar surface area (TPSA) is 57.7 Å². The molecule has 5 nitrogen and oxygen atoms in total. The molecule has 1 aliphatic rings. The molecule has 4 rings (SSSR count). The highest BCUT2D eigenvalue weighted by molar-refractivity contribution is 6.32. The number of aromatic nitrogens is 3. The summed E-state index contributed by atoms with van der Waals surface area (Å²) in [5.74, 6) is 1.07. The van der Waals surface area contributed by atoms with Gasteiger partial charge >= 0.3 is 0 Å². The molecule has 0 saturated carbocycles. The maximum absolute atomic E-state index is 9.47. The molecule has 3 aromatic rings. The second-order valence-corrected chi connectivity index (χ2v) is 6.47. The van der Waals surface area contributed by atoms with E-state index in [1.807, 2.05) is 24.3 Å². The van der Waals surface area contributed by atoms with Crippen LogP contribution < -0.4 is 4.90 Å². The van der Waals surface area contributed by atoms with E-state index >= 15 is 0 Å². The molecule has 1 unspecified atom stereocenters. The molecule has 6 heteroatoms. The number of para-hydroxylation sites is 1. The van der Waals surface area contributed by atoms with Gasteiger partial charge in [0.25, 0.3) is 0 Å². The zero-order chi connectivity index (χ0) is 17.2. The summed E-state index contributed by atoms with van der Waals surface area (Å²) >= 11 is 6.23. The first-order chi connectivity index (χ1) is 12.3. The third-order valence-corrected chi connectivity index (χ3v) is 4.85. The van der Waals surface area contributed by atoms with Gasteiger partial charge in [-0.3, -0.25) is 0 Å². The molecule has 1 aromatic heterocycles.